The largest absolute Gasteiger partial charge is 0.495 e. The molecule has 22 heavy (non-hydrogen) atoms. The Balaban J connectivity index is 1.67. The van der Waals surface area contributed by atoms with E-state index in [9.17, 15) is 4.79 Å². The molecule has 0 saturated heterocycles. The van der Waals surface area contributed by atoms with Gasteiger partial charge in [-0.15, -0.1) is 0 Å². The van der Waals surface area contributed by atoms with Crippen LogP contribution in [-0.2, 0) is 19.5 Å². The van der Waals surface area contributed by atoms with Crippen LogP contribution in [-0.4, -0.2) is 22.6 Å². The number of hydrogen-bond donors (Lipinski definition) is 1. The fraction of sp³-hybridized carbons (Fsp3) is 0.375. The van der Waals surface area contributed by atoms with Gasteiger partial charge >= 0.3 is 0 Å². The molecule has 1 aromatic heterocycles. The third-order valence-corrected chi connectivity index (χ3v) is 4.19. The lowest BCUT2D eigenvalue weighted by Gasteiger charge is -2.16. The zero-order valence-electron chi connectivity index (χ0n) is 12.4. The number of carbonyl (C=O) groups is 1. The van der Waals surface area contributed by atoms with E-state index in [1.165, 1.54) is 12.8 Å². The lowest BCUT2D eigenvalue weighted by molar-refractivity contribution is 0.0950. The van der Waals surface area contributed by atoms with Crippen LogP contribution in [0.3, 0.4) is 0 Å². The first kappa shape index (κ1) is 14.9. The monoisotopic (exact) mass is 319 g/mol. The van der Waals surface area contributed by atoms with Crippen molar-refractivity contribution in [3.8, 4) is 5.75 Å². The van der Waals surface area contributed by atoms with Gasteiger partial charge in [-0.2, -0.15) is 0 Å². The number of aromatic nitrogens is 2. The Kier molecular flexibility index (Phi) is 4.34. The fourth-order valence-electron chi connectivity index (χ4n) is 2.70. The topological polar surface area (TPSA) is 56.1 Å². The van der Waals surface area contributed by atoms with E-state index < -0.39 is 0 Å². The number of nitrogens with zero attached hydrogens (tertiary/aromatic N) is 2. The van der Waals surface area contributed by atoms with Crippen molar-refractivity contribution in [1.82, 2.24) is 14.9 Å². The van der Waals surface area contributed by atoms with Crippen LogP contribution in [0.4, 0.5) is 0 Å². The first-order valence-electron chi connectivity index (χ1n) is 7.34. The summed E-state index contributed by atoms with van der Waals surface area (Å²) in [4.78, 5) is 16.6. The van der Waals surface area contributed by atoms with Gasteiger partial charge in [0.15, 0.2) is 0 Å². The Bertz CT molecular complexity index is 697. The minimum atomic E-state index is -0.157. The quantitative estimate of drug-likeness (QED) is 0.942. The third kappa shape index (κ3) is 2.95. The second-order valence-corrected chi connectivity index (χ2v) is 5.71. The molecule has 0 bridgehead atoms. The van der Waals surface area contributed by atoms with Crippen LogP contribution in [0.2, 0.25) is 5.02 Å². The Morgan fingerprint density at radius 2 is 2.32 bits per heavy atom. The van der Waals surface area contributed by atoms with E-state index in [0.29, 0.717) is 22.9 Å². The number of amides is 1. The number of rotatable bonds is 4. The Morgan fingerprint density at radius 3 is 3.09 bits per heavy atom. The van der Waals surface area contributed by atoms with E-state index >= 15 is 0 Å². The Hall–Kier alpha value is -2.01. The van der Waals surface area contributed by atoms with Crippen LogP contribution < -0.4 is 10.1 Å². The number of benzene rings is 1. The van der Waals surface area contributed by atoms with Crippen LogP contribution in [0.1, 0.15) is 34.7 Å². The van der Waals surface area contributed by atoms with Crippen LogP contribution in [0, 0.1) is 0 Å². The molecule has 6 heteroatoms. The molecule has 1 N–H and O–H groups in total. The molecule has 116 valence electrons. The highest BCUT2D eigenvalue weighted by atomic mass is 35.5. The molecule has 3 rings (SSSR count). The number of imidazole rings is 1. The second-order valence-electron chi connectivity index (χ2n) is 5.31. The van der Waals surface area contributed by atoms with E-state index in [0.717, 1.165) is 24.5 Å². The number of halogens is 1. The number of aryl methyl sites for hydroxylation is 1. The van der Waals surface area contributed by atoms with Crippen molar-refractivity contribution in [3.63, 3.8) is 0 Å². The van der Waals surface area contributed by atoms with Crippen molar-refractivity contribution in [1.29, 1.82) is 0 Å². The van der Waals surface area contributed by atoms with Crippen molar-refractivity contribution in [2.24, 2.45) is 0 Å². The van der Waals surface area contributed by atoms with Gasteiger partial charge in [0.1, 0.15) is 11.6 Å². The van der Waals surface area contributed by atoms with Gasteiger partial charge in [0.05, 0.1) is 30.6 Å². The second kappa shape index (κ2) is 6.40. The highest BCUT2D eigenvalue weighted by molar-refractivity contribution is 6.32. The summed E-state index contributed by atoms with van der Waals surface area (Å²) in [7, 11) is 1.55. The minimum absolute atomic E-state index is 0.157. The maximum absolute atomic E-state index is 12.2. The normalized spacial score (nSPS) is 13.5. The number of fused-ring (bicyclic) bond motifs is 1. The summed E-state index contributed by atoms with van der Waals surface area (Å²) in [6, 6.07) is 5.01. The molecule has 1 aromatic carbocycles. The molecule has 0 unspecified atom stereocenters. The fourth-order valence-corrected chi connectivity index (χ4v) is 2.96. The maximum atomic E-state index is 12.2. The summed E-state index contributed by atoms with van der Waals surface area (Å²) in [5.41, 5.74) is 1.56. The number of methoxy groups -OCH3 is 1. The van der Waals surface area contributed by atoms with Crippen LogP contribution in [0.15, 0.2) is 24.4 Å². The maximum Gasteiger partial charge on any atom is 0.251 e. The van der Waals surface area contributed by atoms with Gasteiger partial charge in [-0.1, -0.05) is 11.6 Å². The number of ether oxygens (including phenoxy) is 1. The molecule has 2 heterocycles. The van der Waals surface area contributed by atoms with E-state index in [4.69, 9.17) is 16.3 Å². The first-order chi connectivity index (χ1) is 10.7. The molecule has 0 saturated carbocycles. The van der Waals surface area contributed by atoms with Crippen LogP contribution >= 0.6 is 11.6 Å². The summed E-state index contributed by atoms with van der Waals surface area (Å²) < 4.78 is 7.28. The van der Waals surface area contributed by atoms with Gasteiger partial charge < -0.3 is 14.6 Å². The number of carbonyl (C=O) groups excluding carboxylic acids is 1. The molecule has 0 radical (unpaired) electrons. The van der Waals surface area contributed by atoms with E-state index in [1.807, 2.05) is 6.20 Å². The van der Waals surface area contributed by atoms with Gasteiger partial charge in [0, 0.05) is 18.5 Å². The molecule has 0 aliphatic carbocycles. The standard InChI is InChI=1S/C16H18ClN3O2/c1-22-14-6-5-11(8-13(14)17)16(21)19-10-12-9-18-15-4-2-3-7-20(12)15/h5-6,8-9H,2-4,7,10H2,1H3,(H,19,21). The zero-order valence-corrected chi connectivity index (χ0v) is 13.2. The highest BCUT2D eigenvalue weighted by Crippen LogP contribution is 2.25. The van der Waals surface area contributed by atoms with Gasteiger partial charge in [0.25, 0.3) is 5.91 Å². The van der Waals surface area contributed by atoms with Crippen molar-refractivity contribution in [2.45, 2.75) is 32.4 Å². The first-order valence-corrected chi connectivity index (χ1v) is 7.72. The molecule has 0 spiro atoms. The molecule has 1 aliphatic rings. The predicted octanol–water partition coefficient (Wildman–Crippen LogP) is 2.81. The van der Waals surface area contributed by atoms with E-state index in [-0.39, 0.29) is 5.91 Å². The van der Waals surface area contributed by atoms with Crippen molar-refractivity contribution in [2.75, 3.05) is 7.11 Å². The third-order valence-electron chi connectivity index (χ3n) is 3.90. The SMILES string of the molecule is COc1ccc(C(=O)NCc2cnc3n2CCCC3)cc1Cl. The summed E-state index contributed by atoms with van der Waals surface area (Å²) in [5, 5.41) is 3.34. The van der Waals surface area contributed by atoms with Gasteiger partial charge in [0.2, 0.25) is 0 Å². The molecule has 2 aromatic rings. The van der Waals surface area contributed by atoms with Crippen molar-refractivity contribution >= 4 is 17.5 Å². The Morgan fingerprint density at radius 1 is 1.45 bits per heavy atom. The highest BCUT2D eigenvalue weighted by Gasteiger charge is 2.15. The van der Waals surface area contributed by atoms with Gasteiger partial charge in [-0.05, 0) is 31.0 Å². The van der Waals surface area contributed by atoms with E-state index in [2.05, 4.69) is 14.9 Å². The lowest BCUT2D eigenvalue weighted by Crippen LogP contribution is -2.25. The van der Waals surface area contributed by atoms with Crippen LogP contribution in [0.25, 0.3) is 0 Å². The lowest BCUT2D eigenvalue weighted by atomic mass is 10.1. The number of hydrogen-bond acceptors (Lipinski definition) is 3. The summed E-state index contributed by atoms with van der Waals surface area (Å²) >= 11 is 6.05. The molecular weight excluding hydrogens is 302 g/mol. The predicted molar refractivity (Wildman–Crippen MR) is 84.3 cm³/mol. The van der Waals surface area contributed by atoms with Crippen LogP contribution in [0.5, 0.6) is 5.75 Å². The molecule has 1 amide bonds. The zero-order chi connectivity index (χ0) is 15.5. The molecular formula is C16H18ClN3O2. The van der Waals surface area contributed by atoms with E-state index in [1.54, 1.807) is 25.3 Å². The van der Waals surface area contributed by atoms with Crippen molar-refractivity contribution < 1.29 is 9.53 Å². The number of nitrogens with one attached hydrogen (secondary N) is 1. The average Bonchev–Trinajstić information content (AvgIpc) is 2.95. The molecule has 5 nitrogen and oxygen atoms in total. The molecule has 1 aliphatic heterocycles. The molecule has 0 fully saturated rings. The summed E-state index contributed by atoms with van der Waals surface area (Å²) in [5.74, 6) is 1.52. The van der Waals surface area contributed by atoms with Gasteiger partial charge in [-0.25, -0.2) is 4.98 Å². The summed E-state index contributed by atoms with van der Waals surface area (Å²) in [6.07, 6.45) is 5.22. The van der Waals surface area contributed by atoms with Crippen molar-refractivity contribution in [3.05, 3.63) is 46.5 Å². The Labute approximate surface area is 134 Å². The summed E-state index contributed by atoms with van der Waals surface area (Å²) in [6.45, 7) is 1.45. The molecule has 0 atom stereocenters. The minimum Gasteiger partial charge on any atom is -0.495 e. The average molecular weight is 320 g/mol. The van der Waals surface area contributed by atoms with Gasteiger partial charge in [-0.3, -0.25) is 4.79 Å². The smallest absolute Gasteiger partial charge is 0.251 e.